The zero-order chi connectivity index (χ0) is 22.3. The Bertz CT molecular complexity index is 490. The molecule has 30 heavy (non-hydrogen) atoms. The van der Waals surface area contributed by atoms with Gasteiger partial charge in [0.05, 0.1) is 12.7 Å². The summed E-state index contributed by atoms with van der Waals surface area (Å²) in [6.45, 7) is 3.95. The molecule has 0 aliphatic carbocycles. The summed E-state index contributed by atoms with van der Waals surface area (Å²) in [4.78, 5) is 0. The molecule has 1 unspecified atom stereocenters. The minimum absolute atomic E-state index is 0.305. The molecule has 0 aromatic heterocycles. The van der Waals surface area contributed by atoms with Gasteiger partial charge in [-0.25, -0.2) is 0 Å². The third-order valence-electron chi connectivity index (χ3n) is 5.45. The van der Waals surface area contributed by atoms with Gasteiger partial charge in [-0.15, -0.1) is 0 Å². The van der Waals surface area contributed by atoms with Crippen LogP contribution in [0.5, 0.6) is 0 Å². The van der Waals surface area contributed by atoms with Gasteiger partial charge in [-0.05, 0) is 6.92 Å². The number of hydrogen-bond acceptors (Lipinski definition) is 12. The molecule has 12 heteroatoms. The van der Waals surface area contributed by atoms with Crippen molar-refractivity contribution in [2.45, 2.75) is 68.1 Å². The fourth-order valence-corrected chi connectivity index (χ4v) is 3.72. The molecule has 0 aromatic carbocycles. The van der Waals surface area contributed by atoms with Crippen LogP contribution >= 0.6 is 0 Å². The Balaban J connectivity index is 2.00. The minimum Gasteiger partial charge on any atom is -0.394 e. The van der Waals surface area contributed by atoms with Crippen molar-refractivity contribution in [3.8, 4) is 0 Å². The van der Waals surface area contributed by atoms with E-state index in [9.17, 15) is 25.5 Å². The summed E-state index contributed by atoms with van der Waals surface area (Å²) < 4.78 is 22.3. The van der Waals surface area contributed by atoms with Crippen LogP contribution in [0.2, 0.25) is 0 Å². The Morgan fingerprint density at radius 3 is 2.17 bits per heavy atom. The molecule has 2 heterocycles. The fraction of sp³-hybridized carbons (Fsp3) is 1.00. The maximum absolute atomic E-state index is 10.5. The van der Waals surface area contributed by atoms with Crippen molar-refractivity contribution in [1.29, 1.82) is 0 Å². The van der Waals surface area contributed by atoms with E-state index >= 15 is 0 Å². The molecule has 0 bridgehead atoms. The van der Waals surface area contributed by atoms with E-state index in [0.717, 1.165) is 0 Å². The highest BCUT2D eigenvalue weighted by Gasteiger charge is 2.50. The molecule has 2 aliphatic rings. The van der Waals surface area contributed by atoms with E-state index in [0.29, 0.717) is 32.7 Å². The molecule has 12 nitrogen and oxygen atoms in total. The Hall–Kier alpha value is -0.480. The van der Waals surface area contributed by atoms with Crippen LogP contribution in [-0.2, 0) is 18.9 Å². The van der Waals surface area contributed by atoms with Crippen molar-refractivity contribution in [2.24, 2.45) is 5.73 Å². The second-order valence-electron chi connectivity index (χ2n) is 7.61. The first-order valence-electron chi connectivity index (χ1n) is 10.3. The molecule has 0 radical (unpaired) electrons. The van der Waals surface area contributed by atoms with Crippen molar-refractivity contribution in [3.05, 3.63) is 0 Å². The van der Waals surface area contributed by atoms with Crippen molar-refractivity contribution >= 4 is 0 Å². The first-order valence-corrected chi connectivity index (χ1v) is 10.3. The lowest BCUT2D eigenvalue weighted by molar-refractivity contribution is -0.339. The second kappa shape index (κ2) is 12.5. The number of methoxy groups -OCH3 is 1. The lowest BCUT2D eigenvalue weighted by Gasteiger charge is -2.46. The summed E-state index contributed by atoms with van der Waals surface area (Å²) in [7, 11) is 1.40. The third-order valence-corrected chi connectivity index (χ3v) is 5.45. The van der Waals surface area contributed by atoms with E-state index in [2.05, 4.69) is 10.6 Å². The first kappa shape index (κ1) is 25.8. The number of ether oxygens (including phenoxy) is 4. The number of aliphatic hydroxyl groups is 5. The van der Waals surface area contributed by atoms with E-state index in [1.165, 1.54) is 7.11 Å². The molecule has 0 spiro atoms. The summed E-state index contributed by atoms with van der Waals surface area (Å²) in [5, 5.41) is 57.3. The molecule has 0 saturated carbocycles. The normalized spacial score (nSPS) is 42.4. The van der Waals surface area contributed by atoms with E-state index in [4.69, 9.17) is 24.7 Å². The largest absolute Gasteiger partial charge is 0.394 e. The number of nitrogens with one attached hydrogen (secondary N) is 2. The lowest BCUT2D eigenvalue weighted by atomic mass is 9.95. The molecule has 2 saturated heterocycles. The smallest absolute Gasteiger partial charge is 0.187 e. The standard InChI is InChI=1S/C18H37N3O9/c1-9-12(23)13(24)17(11(8-22)28-9)30-18-15(26)14(25)16(27-2)10(29-18)7-21-6-5-20-4-3-19/h9-18,20-26H,3-8,19H2,1-2H3/t9-,10-,11-,12+,13-,14-,15-,16-,17?,18-/m1/s1. The second-order valence-corrected chi connectivity index (χ2v) is 7.61. The Labute approximate surface area is 176 Å². The van der Waals surface area contributed by atoms with Gasteiger partial charge in [0.25, 0.3) is 0 Å². The SMILES string of the molecule is CO[C@H]1[C@H](O)[C@@H](O)[C@@H](OC2[C@@H](CO)O[C@H](C)[C@H](O)[C@H]2O)O[C@@H]1CNCCNCCN. The predicted molar refractivity (Wildman–Crippen MR) is 105 cm³/mol. The van der Waals surface area contributed by atoms with E-state index in [1.54, 1.807) is 6.92 Å². The van der Waals surface area contributed by atoms with Crippen LogP contribution < -0.4 is 16.4 Å². The van der Waals surface area contributed by atoms with Crippen LogP contribution in [0.25, 0.3) is 0 Å². The van der Waals surface area contributed by atoms with Gasteiger partial charge in [0, 0.05) is 39.8 Å². The van der Waals surface area contributed by atoms with Crippen LogP contribution in [0, 0.1) is 0 Å². The summed E-state index contributed by atoms with van der Waals surface area (Å²) in [5.41, 5.74) is 5.42. The summed E-state index contributed by atoms with van der Waals surface area (Å²) >= 11 is 0. The molecule has 2 aliphatic heterocycles. The van der Waals surface area contributed by atoms with E-state index in [1.807, 2.05) is 0 Å². The summed E-state index contributed by atoms with van der Waals surface area (Å²) in [5.74, 6) is 0. The van der Waals surface area contributed by atoms with E-state index < -0.39 is 67.8 Å². The zero-order valence-corrected chi connectivity index (χ0v) is 17.5. The molecule has 0 amide bonds. The highest BCUT2D eigenvalue weighted by molar-refractivity contribution is 4.95. The van der Waals surface area contributed by atoms with Gasteiger partial charge in [-0.1, -0.05) is 0 Å². The van der Waals surface area contributed by atoms with Crippen LogP contribution in [0.15, 0.2) is 0 Å². The van der Waals surface area contributed by atoms with Gasteiger partial charge in [0.1, 0.15) is 48.8 Å². The first-order chi connectivity index (χ1) is 14.3. The van der Waals surface area contributed by atoms with Crippen LogP contribution in [0.3, 0.4) is 0 Å². The van der Waals surface area contributed by atoms with Gasteiger partial charge in [-0.2, -0.15) is 0 Å². The number of aliphatic hydroxyl groups excluding tert-OH is 5. The predicted octanol–water partition coefficient (Wildman–Crippen LogP) is -4.53. The van der Waals surface area contributed by atoms with Crippen molar-refractivity contribution in [2.75, 3.05) is 46.4 Å². The Kier molecular flexibility index (Phi) is 10.8. The Morgan fingerprint density at radius 2 is 1.53 bits per heavy atom. The van der Waals surface area contributed by atoms with Crippen LogP contribution in [-0.4, -0.2) is 133 Å². The van der Waals surface area contributed by atoms with E-state index in [-0.39, 0.29) is 0 Å². The van der Waals surface area contributed by atoms with Gasteiger partial charge in [-0.3, -0.25) is 0 Å². The maximum Gasteiger partial charge on any atom is 0.187 e. The highest BCUT2D eigenvalue weighted by Crippen LogP contribution is 2.29. The van der Waals surface area contributed by atoms with Gasteiger partial charge in [0.15, 0.2) is 6.29 Å². The lowest BCUT2D eigenvalue weighted by Crippen LogP contribution is -2.65. The zero-order valence-electron chi connectivity index (χ0n) is 17.5. The molecule has 9 N–H and O–H groups in total. The number of nitrogens with two attached hydrogens (primary N) is 1. The average molecular weight is 440 g/mol. The monoisotopic (exact) mass is 439 g/mol. The van der Waals surface area contributed by atoms with Gasteiger partial charge >= 0.3 is 0 Å². The summed E-state index contributed by atoms with van der Waals surface area (Å²) in [6, 6.07) is 0. The van der Waals surface area contributed by atoms with Gasteiger partial charge < -0.3 is 60.8 Å². The minimum atomic E-state index is -1.47. The van der Waals surface area contributed by atoms with Gasteiger partial charge in [0.2, 0.25) is 0 Å². The molecule has 2 rings (SSSR count). The van der Waals surface area contributed by atoms with Crippen LogP contribution in [0.4, 0.5) is 0 Å². The number of rotatable bonds is 11. The van der Waals surface area contributed by atoms with Crippen molar-refractivity contribution in [1.82, 2.24) is 10.6 Å². The topological polar surface area (TPSA) is 188 Å². The molecule has 178 valence electrons. The molecule has 0 aromatic rings. The molecular weight excluding hydrogens is 402 g/mol. The molecular formula is C18H37N3O9. The maximum atomic E-state index is 10.5. The van der Waals surface area contributed by atoms with Crippen molar-refractivity contribution < 1.29 is 44.5 Å². The number of hydrogen-bond donors (Lipinski definition) is 8. The summed E-state index contributed by atoms with van der Waals surface area (Å²) in [6.07, 6.45) is -11.0. The quantitative estimate of drug-likeness (QED) is 0.144. The highest BCUT2D eigenvalue weighted by atomic mass is 16.7. The average Bonchev–Trinajstić information content (AvgIpc) is 2.74. The fourth-order valence-electron chi connectivity index (χ4n) is 3.72. The third kappa shape index (κ3) is 6.28. The molecule has 2 fully saturated rings. The Morgan fingerprint density at radius 1 is 0.867 bits per heavy atom. The van der Waals surface area contributed by atoms with Crippen molar-refractivity contribution in [3.63, 3.8) is 0 Å². The molecule has 10 atom stereocenters. The van der Waals surface area contributed by atoms with Crippen LogP contribution in [0.1, 0.15) is 6.92 Å².